The van der Waals surface area contributed by atoms with Crippen molar-refractivity contribution in [3.8, 4) is 0 Å². The third-order valence-corrected chi connectivity index (χ3v) is 9.25. The normalized spacial score (nSPS) is 19.2. The summed E-state index contributed by atoms with van der Waals surface area (Å²) < 4.78 is 53.6. The Bertz CT molecular complexity index is 1780. The van der Waals surface area contributed by atoms with Crippen LogP contribution in [-0.4, -0.2) is 96.3 Å². The van der Waals surface area contributed by atoms with E-state index >= 15 is 4.39 Å². The van der Waals surface area contributed by atoms with E-state index in [4.69, 9.17) is 21.1 Å². The van der Waals surface area contributed by atoms with Crippen molar-refractivity contribution < 1.29 is 31.9 Å². The number of piperazine rings is 1. The highest BCUT2D eigenvalue weighted by molar-refractivity contribution is 7.90. The predicted octanol–water partition coefficient (Wildman–Crippen LogP) is 3.98. The molecule has 45 heavy (non-hydrogen) atoms. The highest BCUT2D eigenvalue weighted by atomic mass is 35.5. The molecule has 0 spiro atoms. The van der Waals surface area contributed by atoms with E-state index in [1.807, 2.05) is 4.90 Å². The van der Waals surface area contributed by atoms with Gasteiger partial charge in [-0.3, -0.25) is 9.69 Å². The first-order chi connectivity index (χ1) is 21.2. The molecule has 2 amide bonds. The van der Waals surface area contributed by atoms with Crippen LogP contribution in [0.4, 0.5) is 20.8 Å². The lowest BCUT2D eigenvalue weighted by atomic mass is 10.1. The van der Waals surface area contributed by atoms with Crippen molar-refractivity contribution in [3.63, 3.8) is 0 Å². The maximum absolute atomic E-state index is 15.3. The van der Waals surface area contributed by atoms with E-state index in [1.54, 1.807) is 30.4 Å². The number of carbonyl (C=O) groups is 2. The number of anilines is 2. The quantitative estimate of drug-likeness (QED) is 0.377. The number of nitrogens with zero attached hydrogens (tertiary/aromatic N) is 7. The molecule has 1 unspecified atom stereocenters. The highest BCUT2D eigenvalue weighted by Gasteiger charge is 2.37. The molecule has 0 saturated carbocycles. The molecule has 242 valence electrons. The van der Waals surface area contributed by atoms with Gasteiger partial charge in [-0.05, 0) is 46.5 Å². The second kappa shape index (κ2) is 11.7. The van der Waals surface area contributed by atoms with Gasteiger partial charge in [-0.25, -0.2) is 32.3 Å². The molecule has 0 aliphatic carbocycles. The number of hydrogen-bond acceptors (Lipinski definition) is 10. The van der Waals surface area contributed by atoms with Crippen LogP contribution >= 0.6 is 11.6 Å². The summed E-state index contributed by atoms with van der Waals surface area (Å²) in [6, 6.07) is 1.25. The van der Waals surface area contributed by atoms with Gasteiger partial charge in [0, 0.05) is 62.6 Å². The van der Waals surface area contributed by atoms with Crippen molar-refractivity contribution in [2.24, 2.45) is 0 Å². The molecule has 1 atom stereocenters. The second-order valence-electron chi connectivity index (χ2n) is 12.5. The topological polar surface area (TPSA) is 140 Å². The van der Waals surface area contributed by atoms with Crippen molar-refractivity contribution in [1.82, 2.24) is 24.6 Å². The number of amides is 2. The molecule has 5 heterocycles. The Balaban J connectivity index is 1.35. The average molecular weight is 664 g/mol. The van der Waals surface area contributed by atoms with Crippen LogP contribution in [0.15, 0.2) is 17.4 Å². The molecule has 2 aromatic heterocycles. The molecule has 0 radical (unpaired) electrons. The third-order valence-electron chi connectivity index (χ3n) is 8.03. The standard InChI is InChI=1S/C29H35ClFN7O6S/c1-29(2,3)44-28(40)36-12-10-35(11-13-36)24-17-8-9-37(25(17)34-27(33-24)45(4,41)42)26(39)22-18-16-32-38(21-7-5-6-14-43-21)20(18)15-19(31)23(22)30/h15-16,21H,5-14H2,1-4H3. The second-order valence-corrected chi connectivity index (χ2v) is 14.7. The first-order valence-electron chi connectivity index (χ1n) is 14.9. The molecule has 1 aromatic carbocycles. The van der Waals surface area contributed by atoms with Crippen LogP contribution in [0.5, 0.6) is 0 Å². The number of ether oxygens (including phenoxy) is 2. The summed E-state index contributed by atoms with van der Waals surface area (Å²) in [4.78, 5) is 40.3. The van der Waals surface area contributed by atoms with Crippen molar-refractivity contribution >= 4 is 56.0 Å². The van der Waals surface area contributed by atoms with Gasteiger partial charge < -0.3 is 19.3 Å². The van der Waals surface area contributed by atoms with Crippen LogP contribution in [0, 0.1) is 5.82 Å². The summed E-state index contributed by atoms with van der Waals surface area (Å²) in [5.41, 5.74) is 0.223. The first kappa shape index (κ1) is 31.4. The van der Waals surface area contributed by atoms with Gasteiger partial charge in [0.1, 0.15) is 23.1 Å². The van der Waals surface area contributed by atoms with Gasteiger partial charge in [-0.1, -0.05) is 11.6 Å². The Morgan fingerprint density at radius 3 is 2.44 bits per heavy atom. The van der Waals surface area contributed by atoms with Gasteiger partial charge in [0.2, 0.25) is 9.84 Å². The Kier molecular flexibility index (Phi) is 8.14. The van der Waals surface area contributed by atoms with Crippen molar-refractivity contribution in [2.75, 3.05) is 55.4 Å². The monoisotopic (exact) mass is 663 g/mol. The predicted molar refractivity (Wildman–Crippen MR) is 164 cm³/mol. The lowest BCUT2D eigenvalue weighted by molar-refractivity contribution is -0.0367. The van der Waals surface area contributed by atoms with Gasteiger partial charge in [0.05, 0.1) is 22.3 Å². The van der Waals surface area contributed by atoms with Crippen molar-refractivity contribution in [2.45, 2.75) is 63.4 Å². The zero-order chi connectivity index (χ0) is 32.3. The van der Waals surface area contributed by atoms with Gasteiger partial charge in [-0.15, -0.1) is 0 Å². The van der Waals surface area contributed by atoms with E-state index in [-0.39, 0.29) is 22.9 Å². The summed E-state index contributed by atoms with van der Waals surface area (Å²) in [5.74, 6) is -0.924. The Morgan fingerprint density at radius 1 is 1.09 bits per heavy atom. The number of carbonyl (C=O) groups excluding carboxylic acids is 2. The summed E-state index contributed by atoms with van der Waals surface area (Å²) in [7, 11) is -3.89. The molecule has 3 aromatic rings. The summed E-state index contributed by atoms with van der Waals surface area (Å²) in [5, 5.41) is 3.97. The van der Waals surface area contributed by atoms with E-state index < -0.39 is 44.6 Å². The Labute approximate surface area is 265 Å². The zero-order valence-electron chi connectivity index (χ0n) is 25.5. The minimum absolute atomic E-state index is 0.0892. The molecule has 0 bridgehead atoms. The molecular weight excluding hydrogens is 629 g/mol. The number of fused-ring (bicyclic) bond motifs is 2. The maximum Gasteiger partial charge on any atom is 0.410 e. The van der Waals surface area contributed by atoms with Crippen LogP contribution in [0.3, 0.4) is 0 Å². The maximum atomic E-state index is 15.3. The van der Waals surface area contributed by atoms with Gasteiger partial charge in [0.25, 0.3) is 11.1 Å². The molecule has 6 rings (SSSR count). The highest BCUT2D eigenvalue weighted by Crippen LogP contribution is 2.39. The summed E-state index contributed by atoms with van der Waals surface area (Å²) in [6.45, 7) is 7.47. The third kappa shape index (κ3) is 6.04. The van der Waals surface area contributed by atoms with Crippen LogP contribution in [0.1, 0.15) is 62.2 Å². The largest absolute Gasteiger partial charge is 0.444 e. The van der Waals surface area contributed by atoms with Gasteiger partial charge in [-0.2, -0.15) is 5.10 Å². The fraction of sp³-hybridized carbons (Fsp3) is 0.552. The van der Waals surface area contributed by atoms with Crippen LogP contribution in [0.2, 0.25) is 5.02 Å². The van der Waals surface area contributed by atoms with E-state index in [0.717, 1.165) is 19.1 Å². The molecule has 13 nitrogen and oxygen atoms in total. The van der Waals surface area contributed by atoms with Crippen LogP contribution < -0.4 is 9.80 Å². The molecule has 2 saturated heterocycles. The summed E-state index contributed by atoms with van der Waals surface area (Å²) >= 11 is 6.43. The summed E-state index contributed by atoms with van der Waals surface area (Å²) in [6.07, 6.45) is 4.53. The van der Waals surface area contributed by atoms with Crippen molar-refractivity contribution in [1.29, 1.82) is 0 Å². The lowest BCUT2D eigenvalue weighted by Gasteiger charge is -2.36. The minimum atomic E-state index is -3.89. The lowest BCUT2D eigenvalue weighted by Crippen LogP contribution is -2.50. The SMILES string of the molecule is CC(C)(C)OC(=O)N1CCN(c2nc(S(C)(=O)=O)nc3c2CCN3C(=O)c2c(Cl)c(F)cc3c2cnn3C2CCCCO2)CC1. The molecule has 16 heteroatoms. The number of hydrogen-bond donors (Lipinski definition) is 0. The fourth-order valence-corrected chi connectivity index (χ4v) is 6.63. The van der Waals surface area contributed by atoms with E-state index in [9.17, 15) is 18.0 Å². The molecule has 3 aliphatic rings. The average Bonchev–Trinajstić information content (AvgIpc) is 3.60. The van der Waals surface area contributed by atoms with E-state index in [1.165, 1.54) is 17.2 Å². The van der Waals surface area contributed by atoms with Crippen molar-refractivity contribution in [3.05, 3.63) is 34.2 Å². The fourth-order valence-electron chi connectivity index (χ4n) is 5.89. The number of sulfone groups is 1. The number of halogens is 2. The molecule has 3 aliphatic heterocycles. The van der Waals surface area contributed by atoms with Gasteiger partial charge >= 0.3 is 6.09 Å². The zero-order valence-corrected chi connectivity index (χ0v) is 27.1. The Morgan fingerprint density at radius 2 is 1.80 bits per heavy atom. The molecule has 0 N–H and O–H groups in total. The molecule has 2 fully saturated rings. The number of benzene rings is 1. The van der Waals surface area contributed by atoms with Crippen LogP contribution in [-0.2, 0) is 25.7 Å². The first-order valence-corrected chi connectivity index (χ1v) is 17.1. The number of aromatic nitrogens is 4. The smallest absolute Gasteiger partial charge is 0.410 e. The van der Waals surface area contributed by atoms with E-state index in [2.05, 4.69) is 15.1 Å². The van der Waals surface area contributed by atoms with Gasteiger partial charge in [0.15, 0.2) is 6.23 Å². The minimum Gasteiger partial charge on any atom is -0.444 e. The Hall–Kier alpha value is -3.56. The molecular formula is C29H35ClFN7O6S. The number of rotatable bonds is 4. The van der Waals surface area contributed by atoms with E-state index in [0.29, 0.717) is 67.9 Å². The van der Waals surface area contributed by atoms with Crippen LogP contribution in [0.25, 0.3) is 10.9 Å².